The fourth-order valence-electron chi connectivity index (χ4n) is 4.88. The number of rotatable bonds is 9. The largest absolute Gasteiger partial charge is 0.490 e. The highest BCUT2D eigenvalue weighted by Gasteiger charge is 2.24. The van der Waals surface area contributed by atoms with E-state index in [4.69, 9.17) is 14.5 Å². The lowest BCUT2D eigenvalue weighted by Gasteiger charge is -2.15. The molecule has 0 fully saturated rings. The smallest absolute Gasteiger partial charge is 0.259 e. The van der Waals surface area contributed by atoms with E-state index in [2.05, 4.69) is 37.2 Å². The number of benzene rings is 3. The first-order valence-corrected chi connectivity index (χ1v) is 16.3. The van der Waals surface area contributed by atoms with Gasteiger partial charge in [0, 0.05) is 21.3 Å². The van der Waals surface area contributed by atoms with Crippen molar-refractivity contribution in [3.8, 4) is 11.5 Å². The summed E-state index contributed by atoms with van der Waals surface area (Å²) in [5.41, 5.74) is 4.55. The minimum Gasteiger partial charge on any atom is -0.490 e. The molecule has 1 amide bonds. The number of carbonyl (C=O) groups excluding carboxylic acids is 1. The summed E-state index contributed by atoms with van der Waals surface area (Å²) in [6.45, 7) is 2.87. The molecule has 8 heteroatoms. The number of fused-ring (bicyclic) bond motifs is 1. The molecule has 5 nitrogen and oxygen atoms in total. The highest BCUT2D eigenvalue weighted by Crippen LogP contribution is 2.40. The number of carbonyl (C=O) groups is 1. The van der Waals surface area contributed by atoms with Gasteiger partial charge in [0.1, 0.15) is 11.6 Å². The topological polar surface area (TPSA) is 59.9 Å². The number of hydrogen-bond acceptors (Lipinski definition) is 5. The molecular weight excluding hydrogens is 664 g/mol. The van der Waals surface area contributed by atoms with Crippen LogP contribution in [0.3, 0.4) is 0 Å². The lowest BCUT2D eigenvalue weighted by atomic mass is 9.96. The summed E-state index contributed by atoms with van der Waals surface area (Å²) in [6.07, 6.45) is 8.36. The van der Waals surface area contributed by atoms with Gasteiger partial charge in [0.2, 0.25) is 0 Å². The van der Waals surface area contributed by atoms with E-state index in [0.29, 0.717) is 30.3 Å². The van der Waals surface area contributed by atoms with Gasteiger partial charge in [0.05, 0.1) is 16.6 Å². The van der Waals surface area contributed by atoms with Gasteiger partial charge in [-0.25, -0.2) is 4.99 Å². The number of halogens is 2. The summed E-state index contributed by atoms with van der Waals surface area (Å²) in [5.74, 6) is 1.18. The standard InChI is InChI=1S/C33H32Br2N2O3S/c1-2-39-28-19-23(18-27(35)31(28)40-21-22-14-16-24(34)17-15-22)20-36-33-30(32(38)37-25-10-6-5-7-11-25)26-12-8-3-4-9-13-29(26)41-33/h5-7,10-11,14-20H,2-4,8-9,12-13,21H2,1H3,(H,37,38). The van der Waals surface area contributed by atoms with Crippen molar-refractivity contribution in [3.05, 3.63) is 103 Å². The van der Waals surface area contributed by atoms with Crippen LogP contribution in [0.4, 0.5) is 10.7 Å². The Morgan fingerprint density at radius 2 is 1.73 bits per heavy atom. The van der Waals surface area contributed by atoms with Gasteiger partial charge in [-0.15, -0.1) is 11.3 Å². The third kappa shape index (κ3) is 7.67. The average molecular weight is 697 g/mol. The van der Waals surface area contributed by atoms with E-state index < -0.39 is 0 Å². The Balaban J connectivity index is 1.44. The van der Waals surface area contributed by atoms with Gasteiger partial charge in [-0.3, -0.25) is 4.79 Å². The maximum absolute atomic E-state index is 13.6. The maximum Gasteiger partial charge on any atom is 0.259 e. The van der Waals surface area contributed by atoms with Crippen LogP contribution in [0.25, 0.3) is 0 Å². The molecule has 0 atom stereocenters. The molecule has 4 aromatic rings. The quantitative estimate of drug-likeness (QED) is 0.177. The molecule has 0 unspecified atom stereocenters. The Kier molecular flexibility index (Phi) is 10.3. The number of nitrogens with one attached hydrogen (secondary N) is 1. The molecule has 0 radical (unpaired) electrons. The number of thiophene rings is 1. The van der Waals surface area contributed by atoms with Crippen molar-refractivity contribution in [1.29, 1.82) is 0 Å². The van der Waals surface area contributed by atoms with E-state index in [9.17, 15) is 4.79 Å². The molecule has 5 rings (SSSR count). The third-order valence-corrected chi connectivity index (χ3v) is 9.19. The van der Waals surface area contributed by atoms with Crippen LogP contribution >= 0.6 is 43.2 Å². The van der Waals surface area contributed by atoms with E-state index >= 15 is 0 Å². The minimum atomic E-state index is -0.103. The fourth-order valence-corrected chi connectivity index (χ4v) is 6.95. The highest BCUT2D eigenvalue weighted by atomic mass is 79.9. The van der Waals surface area contributed by atoms with Crippen LogP contribution in [0.15, 0.2) is 80.7 Å². The van der Waals surface area contributed by atoms with Crippen LogP contribution in [0.5, 0.6) is 11.5 Å². The fraction of sp³-hybridized carbons (Fsp3) is 0.273. The summed E-state index contributed by atoms with van der Waals surface area (Å²) in [6, 6.07) is 21.5. The molecule has 212 valence electrons. The number of hydrogen-bond donors (Lipinski definition) is 1. The van der Waals surface area contributed by atoms with Crippen molar-refractivity contribution in [3.63, 3.8) is 0 Å². The Bertz CT molecular complexity index is 1520. The average Bonchev–Trinajstić information content (AvgIpc) is 3.29. The molecule has 0 bridgehead atoms. The molecule has 0 aliphatic heterocycles. The van der Waals surface area contributed by atoms with Gasteiger partial charge in [0.25, 0.3) is 5.91 Å². The number of aryl methyl sites for hydroxylation is 1. The van der Waals surface area contributed by atoms with Crippen molar-refractivity contribution >= 4 is 66.0 Å². The molecule has 1 N–H and O–H groups in total. The second-order valence-corrected chi connectivity index (χ2v) is 12.7. The molecule has 1 aliphatic rings. The molecule has 1 aromatic heterocycles. The summed E-state index contributed by atoms with van der Waals surface area (Å²) in [7, 11) is 0. The highest BCUT2D eigenvalue weighted by molar-refractivity contribution is 9.10. The van der Waals surface area contributed by atoms with Crippen LogP contribution in [-0.4, -0.2) is 18.7 Å². The summed E-state index contributed by atoms with van der Waals surface area (Å²) in [4.78, 5) is 19.8. The summed E-state index contributed by atoms with van der Waals surface area (Å²) in [5, 5.41) is 3.83. The van der Waals surface area contributed by atoms with Crippen LogP contribution in [-0.2, 0) is 19.4 Å². The van der Waals surface area contributed by atoms with Crippen molar-refractivity contribution < 1.29 is 14.3 Å². The second-order valence-electron chi connectivity index (χ2n) is 9.85. The van der Waals surface area contributed by atoms with E-state index in [1.165, 1.54) is 17.7 Å². The van der Waals surface area contributed by atoms with E-state index in [0.717, 1.165) is 62.0 Å². The number of aliphatic imine (C=N–C) groups is 1. The zero-order valence-corrected chi connectivity index (χ0v) is 26.9. The van der Waals surface area contributed by atoms with Gasteiger partial charge in [0.15, 0.2) is 11.5 Å². The molecule has 1 heterocycles. The number of nitrogens with zero attached hydrogens (tertiary/aromatic N) is 1. The lowest BCUT2D eigenvalue weighted by Crippen LogP contribution is -2.14. The van der Waals surface area contributed by atoms with E-state index in [1.54, 1.807) is 11.3 Å². The molecule has 0 spiro atoms. The SMILES string of the molecule is CCOc1cc(C=Nc2sc3c(c2C(=O)Nc2ccccc2)CCCCCC3)cc(Br)c1OCc1ccc(Br)cc1. The van der Waals surface area contributed by atoms with Gasteiger partial charge in [-0.2, -0.15) is 0 Å². The maximum atomic E-state index is 13.6. The van der Waals surface area contributed by atoms with Crippen LogP contribution in [0.2, 0.25) is 0 Å². The molecule has 1 aliphatic carbocycles. The first kappa shape index (κ1) is 29.5. The Morgan fingerprint density at radius 1 is 0.976 bits per heavy atom. The van der Waals surface area contributed by atoms with Crippen LogP contribution in [0.1, 0.15) is 64.5 Å². The van der Waals surface area contributed by atoms with E-state index in [-0.39, 0.29) is 5.91 Å². The van der Waals surface area contributed by atoms with Gasteiger partial charge in [-0.05, 0) is 102 Å². The third-order valence-electron chi connectivity index (χ3n) is 6.87. The Labute approximate surface area is 262 Å². The van der Waals surface area contributed by atoms with Crippen molar-refractivity contribution in [2.24, 2.45) is 4.99 Å². The van der Waals surface area contributed by atoms with Gasteiger partial charge < -0.3 is 14.8 Å². The first-order valence-electron chi connectivity index (χ1n) is 13.9. The van der Waals surface area contributed by atoms with Gasteiger partial charge >= 0.3 is 0 Å². The number of ether oxygens (including phenoxy) is 2. The zero-order chi connectivity index (χ0) is 28.6. The number of amides is 1. The molecule has 41 heavy (non-hydrogen) atoms. The monoisotopic (exact) mass is 694 g/mol. The lowest BCUT2D eigenvalue weighted by molar-refractivity contribution is 0.102. The second kappa shape index (κ2) is 14.3. The predicted octanol–water partition coefficient (Wildman–Crippen LogP) is 9.91. The number of anilines is 1. The Hall–Kier alpha value is -2.94. The molecular formula is C33H32Br2N2O3S. The molecule has 0 saturated heterocycles. The van der Waals surface area contributed by atoms with Crippen molar-refractivity contribution in [1.82, 2.24) is 0 Å². The number of para-hydroxylation sites is 1. The Morgan fingerprint density at radius 3 is 2.49 bits per heavy atom. The van der Waals surface area contributed by atoms with Crippen molar-refractivity contribution in [2.45, 2.75) is 52.1 Å². The molecule has 3 aromatic carbocycles. The predicted molar refractivity (Wildman–Crippen MR) is 176 cm³/mol. The van der Waals surface area contributed by atoms with Crippen LogP contribution < -0.4 is 14.8 Å². The van der Waals surface area contributed by atoms with E-state index in [1.807, 2.05) is 79.9 Å². The summed E-state index contributed by atoms with van der Waals surface area (Å²) >= 11 is 8.80. The first-order chi connectivity index (χ1) is 20.0. The zero-order valence-electron chi connectivity index (χ0n) is 22.9. The summed E-state index contributed by atoms with van der Waals surface area (Å²) < 4.78 is 13.9. The minimum absolute atomic E-state index is 0.103. The van der Waals surface area contributed by atoms with Gasteiger partial charge in [-0.1, -0.05) is 59.1 Å². The van der Waals surface area contributed by atoms with Crippen molar-refractivity contribution in [2.75, 3.05) is 11.9 Å². The normalized spacial score (nSPS) is 13.3. The molecule has 0 saturated carbocycles. The van der Waals surface area contributed by atoms with Crippen LogP contribution in [0, 0.1) is 0 Å².